The molecule has 0 atom stereocenters. The Morgan fingerprint density at radius 1 is 1.05 bits per heavy atom. The Hall–Kier alpha value is -1.72. The molecule has 6 heteroatoms. The van der Waals surface area contributed by atoms with Crippen molar-refractivity contribution in [2.75, 3.05) is 0 Å². The maximum Gasteiger partial charge on any atom is 0.416 e. The van der Waals surface area contributed by atoms with Gasteiger partial charge in [0.05, 0.1) is 5.56 Å². The third-order valence-corrected chi connectivity index (χ3v) is 3.92. The molecular weight excluding hydrogens is 293 g/mol. The van der Waals surface area contributed by atoms with Crippen molar-refractivity contribution in [1.29, 1.82) is 0 Å². The van der Waals surface area contributed by atoms with E-state index in [-0.39, 0.29) is 18.6 Å². The highest BCUT2D eigenvalue weighted by Crippen LogP contribution is 2.29. The van der Waals surface area contributed by atoms with Gasteiger partial charge in [-0.05, 0) is 30.5 Å². The van der Waals surface area contributed by atoms with Crippen LogP contribution in [0.2, 0.25) is 0 Å². The van der Waals surface area contributed by atoms with Crippen LogP contribution in [0.3, 0.4) is 0 Å². The zero-order valence-electron chi connectivity index (χ0n) is 12.4. The molecule has 122 valence electrons. The molecule has 2 amide bonds. The highest BCUT2D eigenvalue weighted by Gasteiger charge is 2.29. The van der Waals surface area contributed by atoms with Crippen LogP contribution in [0.15, 0.2) is 24.3 Å². The summed E-state index contributed by atoms with van der Waals surface area (Å²) >= 11 is 0. The lowest BCUT2D eigenvalue weighted by Gasteiger charge is -2.16. The average Bonchev–Trinajstić information content (AvgIpc) is 2.73. The fourth-order valence-electron chi connectivity index (χ4n) is 2.65. The van der Waals surface area contributed by atoms with Crippen LogP contribution in [-0.4, -0.2) is 12.1 Å². The molecule has 1 aromatic carbocycles. The Kier molecular flexibility index (Phi) is 5.69. The number of carbonyl (C=O) groups is 1. The molecule has 0 saturated heterocycles. The van der Waals surface area contributed by atoms with Crippen LogP contribution >= 0.6 is 0 Å². The van der Waals surface area contributed by atoms with Crippen molar-refractivity contribution in [1.82, 2.24) is 10.6 Å². The molecule has 0 spiro atoms. The maximum absolute atomic E-state index is 12.4. The van der Waals surface area contributed by atoms with Gasteiger partial charge in [0, 0.05) is 12.6 Å². The maximum atomic E-state index is 12.4. The van der Waals surface area contributed by atoms with Crippen LogP contribution in [0.4, 0.5) is 18.0 Å². The summed E-state index contributed by atoms with van der Waals surface area (Å²) in [4.78, 5) is 11.8. The molecule has 0 radical (unpaired) electrons. The van der Waals surface area contributed by atoms with E-state index >= 15 is 0 Å². The summed E-state index contributed by atoms with van der Waals surface area (Å²) in [7, 11) is 0. The van der Waals surface area contributed by atoms with E-state index in [1.807, 2.05) is 0 Å². The van der Waals surface area contributed by atoms with E-state index in [0.29, 0.717) is 5.56 Å². The lowest BCUT2D eigenvalue weighted by molar-refractivity contribution is -0.137. The highest BCUT2D eigenvalue weighted by molar-refractivity contribution is 5.74. The molecule has 0 bridgehead atoms. The van der Waals surface area contributed by atoms with Crippen LogP contribution < -0.4 is 10.6 Å². The minimum Gasteiger partial charge on any atom is -0.335 e. The van der Waals surface area contributed by atoms with Gasteiger partial charge in [0.1, 0.15) is 0 Å². The van der Waals surface area contributed by atoms with Gasteiger partial charge in [-0.15, -0.1) is 0 Å². The Labute approximate surface area is 128 Å². The second-order valence-corrected chi connectivity index (χ2v) is 5.71. The summed E-state index contributed by atoms with van der Waals surface area (Å²) in [6.07, 6.45) is 2.34. The first kappa shape index (κ1) is 16.6. The third kappa shape index (κ3) is 5.24. The lowest BCUT2D eigenvalue weighted by Crippen LogP contribution is -2.41. The van der Waals surface area contributed by atoms with E-state index in [1.54, 1.807) is 0 Å². The molecule has 22 heavy (non-hydrogen) atoms. The first-order valence-electron chi connectivity index (χ1n) is 7.65. The lowest BCUT2D eigenvalue weighted by atomic mass is 10.1. The molecule has 2 N–H and O–H groups in total. The number of amides is 2. The summed E-state index contributed by atoms with van der Waals surface area (Å²) in [5, 5.41) is 5.63. The topological polar surface area (TPSA) is 41.1 Å². The van der Waals surface area contributed by atoms with Gasteiger partial charge in [0.25, 0.3) is 0 Å². The van der Waals surface area contributed by atoms with Crippen molar-refractivity contribution >= 4 is 6.03 Å². The minimum atomic E-state index is -4.33. The molecular formula is C16H21F3N2O. The fraction of sp³-hybridized carbons (Fsp3) is 0.562. The number of hydrogen-bond donors (Lipinski definition) is 2. The first-order valence-corrected chi connectivity index (χ1v) is 7.65. The van der Waals surface area contributed by atoms with Gasteiger partial charge in [-0.3, -0.25) is 0 Å². The smallest absolute Gasteiger partial charge is 0.335 e. The number of nitrogens with one attached hydrogen (secondary N) is 2. The van der Waals surface area contributed by atoms with E-state index in [4.69, 9.17) is 0 Å². The third-order valence-electron chi connectivity index (χ3n) is 3.92. The predicted octanol–water partition coefficient (Wildman–Crippen LogP) is 4.23. The van der Waals surface area contributed by atoms with E-state index in [2.05, 4.69) is 10.6 Å². The van der Waals surface area contributed by atoms with Crippen molar-refractivity contribution in [3.05, 3.63) is 35.4 Å². The predicted molar refractivity (Wildman–Crippen MR) is 78.3 cm³/mol. The van der Waals surface area contributed by atoms with Gasteiger partial charge < -0.3 is 10.6 Å². The molecule has 1 aliphatic carbocycles. The van der Waals surface area contributed by atoms with Crippen molar-refractivity contribution in [2.24, 2.45) is 0 Å². The first-order chi connectivity index (χ1) is 10.4. The van der Waals surface area contributed by atoms with Crippen molar-refractivity contribution in [3.8, 4) is 0 Å². The largest absolute Gasteiger partial charge is 0.416 e. The molecule has 0 aliphatic heterocycles. The van der Waals surface area contributed by atoms with Crippen LogP contribution in [0.5, 0.6) is 0 Å². The van der Waals surface area contributed by atoms with Crippen molar-refractivity contribution in [3.63, 3.8) is 0 Å². The van der Waals surface area contributed by atoms with Gasteiger partial charge in [-0.2, -0.15) is 13.2 Å². The molecule has 1 saturated carbocycles. The summed E-state index contributed by atoms with van der Waals surface area (Å²) < 4.78 is 37.3. The molecule has 1 fully saturated rings. The normalized spacial score (nSPS) is 16.9. The van der Waals surface area contributed by atoms with E-state index in [1.165, 1.54) is 25.0 Å². The van der Waals surface area contributed by atoms with E-state index in [0.717, 1.165) is 37.8 Å². The zero-order valence-corrected chi connectivity index (χ0v) is 12.4. The molecule has 2 rings (SSSR count). The van der Waals surface area contributed by atoms with Gasteiger partial charge >= 0.3 is 12.2 Å². The minimum absolute atomic E-state index is 0.204. The number of rotatable bonds is 3. The van der Waals surface area contributed by atoms with Crippen LogP contribution in [-0.2, 0) is 12.7 Å². The number of benzene rings is 1. The molecule has 0 aromatic heterocycles. The van der Waals surface area contributed by atoms with Crippen LogP contribution in [0, 0.1) is 0 Å². The number of alkyl halides is 3. The zero-order chi connectivity index (χ0) is 16.0. The SMILES string of the molecule is O=C(NCc1ccc(C(F)(F)F)cc1)NC1CCCCCC1. The van der Waals surface area contributed by atoms with E-state index < -0.39 is 11.7 Å². The summed E-state index contributed by atoms with van der Waals surface area (Å²) in [5.74, 6) is 0. The fourth-order valence-corrected chi connectivity index (χ4v) is 2.65. The van der Waals surface area contributed by atoms with Crippen LogP contribution in [0.1, 0.15) is 49.7 Å². The van der Waals surface area contributed by atoms with Gasteiger partial charge in [0.2, 0.25) is 0 Å². The summed E-state index contributed by atoms with van der Waals surface area (Å²) in [5.41, 5.74) is -0.0387. The molecule has 3 nitrogen and oxygen atoms in total. The standard InChI is InChI=1S/C16H21F3N2O/c17-16(18,19)13-9-7-12(8-10-13)11-20-15(22)21-14-5-3-1-2-4-6-14/h7-10,14H,1-6,11H2,(H2,20,21,22). The number of hydrogen-bond acceptors (Lipinski definition) is 1. The molecule has 0 unspecified atom stereocenters. The number of urea groups is 1. The second-order valence-electron chi connectivity index (χ2n) is 5.71. The second kappa shape index (κ2) is 7.51. The highest BCUT2D eigenvalue weighted by atomic mass is 19.4. The summed E-state index contributed by atoms with van der Waals surface area (Å²) in [6, 6.07) is 4.77. The number of carbonyl (C=O) groups excluding carboxylic acids is 1. The van der Waals surface area contributed by atoms with Crippen molar-refractivity contribution in [2.45, 2.75) is 57.3 Å². The van der Waals surface area contributed by atoms with Crippen LogP contribution in [0.25, 0.3) is 0 Å². The van der Waals surface area contributed by atoms with Gasteiger partial charge in [0.15, 0.2) is 0 Å². The molecule has 0 heterocycles. The Bertz CT molecular complexity index is 477. The van der Waals surface area contributed by atoms with E-state index in [9.17, 15) is 18.0 Å². The van der Waals surface area contributed by atoms with Gasteiger partial charge in [-0.25, -0.2) is 4.79 Å². The quantitative estimate of drug-likeness (QED) is 0.806. The Balaban J connectivity index is 1.78. The Morgan fingerprint density at radius 3 is 2.18 bits per heavy atom. The molecule has 1 aromatic rings. The number of halogens is 3. The monoisotopic (exact) mass is 314 g/mol. The summed E-state index contributed by atoms with van der Waals surface area (Å²) in [6.45, 7) is 0.219. The molecule has 1 aliphatic rings. The van der Waals surface area contributed by atoms with Gasteiger partial charge in [-0.1, -0.05) is 37.8 Å². The Morgan fingerprint density at radius 2 is 1.64 bits per heavy atom. The average molecular weight is 314 g/mol. The van der Waals surface area contributed by atoms with Crippen molar-refractivity contribution < 1.29 is 18.0 Å².